The lowest BCUT2D eigenvalue weighted by Gasteiger charge is -2.20. The first kappa shape index (κ1) is 15.5. The van der Waals surface area contributed by atoms with Crippen LogP contribution in [0.2, 0.25) is 0 Å². The molecule has 0 bridgehead atoms. The molecule has 0 aliphatic heterocycles. The number of rotatable bonds is 4. The standard InChI is InChI=1S/C13H16F3N5/c1-3-11-9(7-21(2)20-11)12(19-17)8-6-18-5-4-10(8)13(14,15)16/h4-7,12,19H,3,17H2,1-2H3. The van der Waals surface area contributed by atoms with Crippen molar-refractivity contribution in [3.63, 3.8) is 0 Å². The highest BCUT2D eigenvalue weighted by molar-refractivity contribution is 5.38. The van der Waals surface area contributed by atoms with Crippen molar-refractivity contribution in [2.45, 2.75) is 25.6 Å². The minimum absolute atomic E-state index is 0.0183. The molecule has 0 radical (unpaired) electrons. The Morgan fingerprint density at radius 3 is 2.67 bits per heavy atom. The number of hydrogen-bond acceptors (Lipinski definition) is 4. The average molecular weight is 299 g/mol. The number of nitrogens with two attached hydrogens (primary N) is 1. The van der Waals surface area contributed by atoms with Gasteiger partial charge in [0, 0.05) is 36.8 Å². The Labute approximate surface area is 119 Å². The number of hydrazine groups is 1. The molecule has 0 aliphatic rings. The van der Waals surface area contributed by atoms with Crippen molar-refractivity contribution >= 4 is 0 Å². The van der Waals surface area contributed by atoms with Crippen molar-refractivity contribution < 1.29 is 13.2 Å². The maximum atomic E-state index is 13.1. The van der Waals surface area contributed by atoms with Gasteiger partial charge in [0.15, 0.2) is 0 Å². The van der Waals surface area contributed by atoms with E-state index in [0.717, 1.165) is 12.3 Å². The van der Waals surface area contributed by atoms with E-state index in [1.54, 1.807) is 17.9 Å². The SMILES string of the molecule is CCc1nn(C)cc1C(NN)c1cnccc1C(F)(F)F. The Balaban J connectivity index is 2.57. The smallest absolute Gasteiger partial charge is 0.275 e. The van der Waals surface area contributed by atoms with E-state index < -0.39 is 17.8 Å². The number of pyridine rings is 1. The molecule has 2 aromatic heterocycles. The van der Waals surface area contributed by atoms with Crippen LogP contribution in [-0.4, -0.2) is 14.8 Å². The van der Waals surface area contributed by atoms with Gasteiger partial charge in [0.05, 0.1) is 17.3 Å². The number of nitrogens with one attached hydrogen (secondary N) is 1. The average Bonchev–Trinajstić information content (AvgIpc) is 2.80. The summed E-state index contributed by atoms with van der Waals surface area (Å²) in [6.45, 7) is 1.88. The summed E-state index contributed by atoms with van der Waals surface area (Å²) in [5, 5.41) is 4.23. The van der Waals surface area contributed by atoms with Crippen molar-refractivity contribution in [1.82, 2.24) is 20.2 Å². The van der Waals surface area contributed by atoms with Gasteiger partial charge in [-0.25, -0.2) is 5.43 Å². The van der Waals surface area contributed by atoms with Gasteiger partial charge in [-0.3, -0.25) is 15.5 Å². The van der Waals surface area contributed by atoms with Crippen LogP contribution < -0.4 is 11.3 Å². The minimum atomic E-state index is -4.47. The van der Waals surface area contributed by atoms with Gasteiger partial charge in [0.2, 0.25) is 0 Å². The quantitative estimate of drug-likeness (QED) is 0.669. The molecule has 1 unspecified atom stereocenters. The summed E-state index contributed by atoms with van der Waals surface area (Å²) in [7, 11) is 1.71. The van der Waals surface area contributed by atoms with Crippen molar-refractivity contribution in [3.05, 3.63) is 47.0 Å². The van der Waals surface area contributed by atoms with Gasteiger partial charge in [0.25, 0.3) is 0 Å². The minimum Gasteiger partial charge on any atom is -0.275 e. The second-order valence-electron chi connectivity index (χ2n) is 4.62. The van der Waals surface area contributed by atoms with Crippen LogP contribution in [0.1, 0.15) is 35.3 Å². The lowest BCUT2D eigenvalue weighted by atomic mass is 9.96. The molecule has 0 aromatic carbocycles. The highest BCUT2D eigenvalue weighted by atomic mass is 19.4. The summed E-state index contributed by atoms with van der Waals surface area (Å²) in [5.74, 6) is 5.50. The predicted octanol–water partition coefficient (Wildman–Crippen LogP) is 1.95. The number of hydrogen-bond donors (Lipinski definition) is 2. The van der Waals surface area contributed by atoms with E-state index >= 15 is 0 Å². The lowest BCUT2D eigenvalue weighted by Crippen LogP contribution is -2.31. The van der Waals surface area contributed by atoms with Crippen LogP contribution in [-0.2, 0) is 19.6 Å². The molecule has 8 heteroatoms. The normalized spacial score (nSPS) is 13.4. The van der Waals surface area contributed by atoms with Crippen LogP contribution in [0.5, 0.6) is 0 Å². The first-order valence-electron chi connectivity index (χ1n) is 6.38. The fourth-order valence-corrected chi connectivity index (χ4v) is 2.31. The molecule has 1 atom stereocenters. The maximum Gasteiger partial charge on any atom is 0.416 e. The van der Waals surface area contributed by atoms with Crippen LogP contribution in [0.4, 0.5) is 13.2 Å². The molecule has 114 valence electrons. The fourth-order valence-electron chi connectivity index (χ4n) is 2.31. The number of aryl methyl sites for hydroxylation is 2. The molecule has 2 heterocycles. The van der Waals surface area contributed by atoms with Crippen LogP contribution >= 0.6 is 0 Å². The van der Waals surface area contributed by atoms with E-state index in [0.29, 0.717) is 17.7 Å². The largest absolute Gasteiger partial charge is 0.416 e. The third-order valence-electron chi connectivity index (χ3n) is 3.22. The number of aromatic nitrogens is 3. The zero-order chi connectivity index (χ0) is 15.6. The molecule has 2 rings (SSSR count). The first-order chi connectivity index (χ1) is 9.88. The molecule has 0 aliphatic carbocycles. The van der Waals surface area contributed by atoms with E-state index in [2.05, 4.69) is 15.5 Å². The zero-order valence-corrected chi connectivity index (χ0v) is 11.6. The van der Waals surface area contributed by atoms with E-state index in [1.807, 2.05) is 6.92 Å². The fraction of sp³-hybridized carbons (Fsp3) is 0.385. The van der Waals surface area contributed by atoms with E-state index in [4.69, 9.17) is 5.84 Å². The summed E-state index contributed by atoms with van der Waals surface area (Å²) in [6, 6.07) is 0.126. The molecular weight excluding hydrogens is 283 g/mol. The number of halogens is 3. The third-order valence-corrected chi connectivity index (χ3v) is 3.22. The predicted molar refractivity (Wildman–Crippen MR) is 71.0 cm³/mol. The molecule has 0 spiro atoms. The Kier molecular flexibility index (Phi) is 4.29. The van der Waals surface area contributed by atoms with Gasteiger partial charge < -0.3 is 0 Å². The zero-order valence-electron chi connectivity index (χ0n) is 11.6. The van der Waals surface area contributed by atoms with Crippen molar-refractivity contribution in [2.75, 3.05) is 0 Å². The Morgan fingerprint density at radius 1 is 1.38 bits per heavy atom. The monoisotopic (exact) mass is 299 g/mol. The molecule has 0 saturated carbocycles. The topological polar surface area (TPSA) is 68.8 Å². The Bertz CT molecular complexity index is 621. The molecule has 0 fully saturated rings. The maximum absolute atomic E-state index is 13.1. The summed E-state index contributed by atoms with van der Waals surface area (Å²) in [4.78, 5) is 3.79. The number of alkyl halides is 3. The third kappa shape index (κ3) is 3.06. The lowest BCUT2D eigenvalue weighted by molar-refractivity contribution is -0.138. The molecule has 0 saturated heterocycles. The van der Waals surface area contributed by atoms with Crippen LogP contribution in [0.3, 0.4) is 0 Å². The molecule has 21 heavy (non-hydrogen) atoms. The van der Waals surface area contributed by atoms with E-state index in [-0.39, 0.29) is 5.56 Å². The van der Waals surface area contributed by atoms with Gasteiger partial charge in [-0.1, -0.05) is 6.92 Å². The van der Waals surface area contributed by atoms with Gasteiger partial charge in [-0.05, 0) is 12.5 Å². The molecule has 2 aromatic rings. The second-order valence-corrected chi connectivity index (χ2v) is 4.62. The molecule has 0 amide bonds. The molecular formula is C13H16F3N5. The molecule has 5 nitrogen and oxygen atoms in total. The van der Waals surface area contributed by atoms with Crippen LogP contribution in [0, 0.1) is 0 Å². The van der Waals surface area contributed by atoms with Crippen molar-refractivity contribution in [1.29, 1.82) is 0 Å². The summed E-state index contributed by atoms with van der Waals surface area (Å²) >= 11 is 0. The molecule has 3 N–H and O–H groups in total. The van der Waals surface area contributed by atoms with E-state index in [1.165, 1.54) is 6.20 Å². The summed E-state index contributed by atoms with van der Waals surface area (Å²) in [6.07, 6.45) is 0.0815. The van der Waals surface area contributed by atoms with Gasteiger partial charge in [-0.15, -0.1) is 0 Å². The van der Waals surface area contributed by atoms with Crippen molar-refractivity contribution in [2.24, 2.45) is 12.9 Å². The highest BCUT2D eigenvalue weighted by Crippen LogP contribution is 2.36. The first-order valence-corrected chi connectivity index (χ1v) is 6.38. The highest BCUT2D eigenvalue weighted by Gasteiger charge is 2.36. The van der Waals surface area contributed by atoms with Crippen molar-refractivity contribution in [3.8, 4) is 0 Å². The second kappa shape index (κ2) is 5.82. The van der Waals surface area contributed by atoms with Gasteiger partial charge in [0.1, 0.15) is 0 Å². The number of nitrogens with zero attached hydrogens (tertiary/aromatic N) is 3. The Morgan fingerprint density at radius 2 is 2.10 bits per heavy atom. The van der Waals surface area contributed by atoms with Crippen LogP contribution in [0.25, 0.3) is 0 Å². The van der Waals surface area contributed by atoms with Gasteiger partial charge >= 0.3 is 6.18 Å². The Hall–Kier alpha value is -1.93. The summed E-state index contributed by atoms with van der Waals surface area (Å²) < 4.78 is 41.0. The van der Waals surface area contributed by atoms with Crippen LogP contribution in [0.15, 0.2) is 24.7 Å². The summed E-state index contributed by atoms with van der Waals surface area (Å²) in [5.41, 5.74) is 2.97. The van der Waals surface area contributed by atoms with Gasteiger partial charge in [-0.2, -0.15) is 18.3 Å². The van der Waals surface area contributed by atoms with E-state index in [9.17, 15) is 13.2 Å².